The maximum absolute atomic E-state index is 12.7. The van der Waals surface area contributed by atoms with Gasteiger partial charge in [-0.05, 0) is 31.2 Å². The summed E-state index contributed by atoms with van der Waals surface area (Å²) in [6, 6.07) is 8.68. The maximum atomic E-state index is 12.7. The summed E-state index contributed by atoms with van der Waals surface area (Å²) < 4.78 is 17.6. The van der Waals surface area contributed by atoms with Crippen LogP contribution in [0.25, 0.3) is 11.4 Å². The zero-order valence-electron chi connectivity index (χ0n) is 15.2. The number of hydrogen-bond donors (Lipinski definition) is 2. The summed E-state index contributed by atoms with van der Waals surface area (Å²) in [7, 11) is 1.55. The molecule has 0 amide bonds. The topological polar surface area (TPSA) is 93.7 Å². The zero-order valence-corrected chi connectivity index (χ0v) is 16.8. The number of benzene rings is 2. The Morgan fingerprint density at radius 2 is 2.14 bits per heavy atom. The van der Waals surface area contributed by atoms with Crippen molar-refractivity contribution in [1.82, 2.24) is 9.97 Å². The number of nitrogens with zero attached hydrogens (tertiary/aromatic N) is 1. The number of phenols is 1. The second-order valence-electron chi connectivity index (χ2n) is 6.16. The second kappa shape index (κ2) is 7.20. The maximum Gasteiger partial charge on any atom is 0.258 e. The SMILES string of the molecule is CCOc1cccc(-c2nc3c(c(=O)[nH]2)Cc2cc(Br)cc(OC)c2O3)c1O. The van der Waals surface area contributed by atoms with Crippen LogP contribution in [-0.4, -0.2) is 28.8 Å². The van der Waals surface area contributed by atoms with E-state index in [4.69, 9.17) is 14.2 Å². The Balaban J connectivity index is 1.82. The van der Waals surface area contributed by atoms with Crippen LogP contribution < -0.4 is 19.8 Å². The van der Waals surface area contributed by atoms with Gasteiger partial charge < -0.3 is 24.3 Å². The molecule has 0 fully saturated rings. The number of phenolic OH excluding ortho intramolecular Hbond substituents is 1. The third-order valence-electron chi connectivity index (χ3n) is 4.41. The lowest BCUT2D eigenvalue weighted by molar-refractivity contribution is 0.318. The van der Waals surface area contributed by atoms with Gasteiger partial charge >= 0.3 is 0 Å². The van der Waals surface area contributed by atoms with Gasteiger partial charge in [0.15, 0.2) is 23.0 Å². The fraction of sp³-hybridized carbons (Fsp3) is 0.200. The highest BCUT2D eigenvalue weighted by Crippen LogP contribution is 2.43. The number of methoxy groups -OCH3 is 1. The van der Waals surface area contributed by atoms with Crippen LogP contribution in [0.1, 0.15) is 18.1 Å². The van der Waals surface area contributed by atoms with Crippen molar-refractivity contribution in [2.45, 2.75) is 13.3 Å². The Hall–Kier alpha value is -3.00. The lowest BCUT2D eigenvalue weighted by Crippen LogP contribution is -2.20. The largest absolute Gasteiger partial charge is 0.504 e. The Morgan fingerprint density at radius 3 is 2.89 bits per heavy atom. The minimum Gasteiger partial charge on any atom is -0.504 e. The van der Waals surface area contributed by atoms with E-state index < -0.39 is 0 Å². The molecule has 1 aliphatic rings. The molecule has 0 saturated heterocycles. The zero-order chi connectivity index (χ0) is 19.8. The molecule has 144 valence electrons. The number of nitrogens with one attached hydrogen (secondary N) is 1. The third kappa shape index (κ3) is 3.09. The van der Waals surface area contributed by atoms with Gasteiger partial charge in [0.05, 0.1) is 24.8 Å². The van der Waals surface area contributed by atoms with Gasteiger partial charge in [0.2, 0.25) is 5.88 Å². The van der Waals surface area contributed by atoms with Crippen LogP contribution in [0.5, 0.6) is 28.9 Å². The van der Waals surface area contributed by atoms with Crippen molar-refractivity contribution in [3.63, 3.8) is 0 Å². The molecule has 28 heavy (non-hydrogen) atoms. The molecule has 1 aromatic heterocycles. The predicted octanol–water partition coefficient (Wildman–Crippen LogP) is 4.01. The van der Waals surface area contributed by atoms with Crippen molar-refractivity contribution in [1.29, 1.82) is 0 Å². The first kappa shape index (κ1) is 18.4. The number of rotatable bonds is 4. The van der Waals surface area contributed by atoms with E-state index in [2.05, 4.69) is 25.9 Å². The second-order valence-corrected chi connectivity index (χ2v) is 7.07. The lowest BCUT2D eigenvalue weighted by Gasteiger charge is -2.21. The molecule has 1 aliphatic heterocycles. The van der Waals surface area contributed by atoms with Crippen LogP contribution in [0.15, 0.2) is 39.6 Å². The molecule has 0 radical (unpaired) electrons. The van der Waals surface area contributed by atoms with E-state index in [1.165, 1.54) is 0 Å². The first-order chi connectivity index (χ1) is 13.5. The van der Waals surface area contributed by atoms with Crippen molar-refractivity contribution >= 4 is 15.9 Å². The quantitative estimate of drug-likeness (QED) is 0.493. The standard InChI is InChI=1S/C20H17BrN2O5/c1-3-27-14-6-4-5-12(16(14)24)18-22-19(25)13-8-10-7-11(21)9-15(26-2)17(10)28-20(13)23-18/h4-7,9,24H,3,8H2,1-2H3,(H,22,23,25). The van der Waals surface area contributed by atoms with E-state index in [9.17, 15) is 9.90 Å². The molecule has 0 atom stereocenters. The molecule has 0 unspecified atom stereocenters. The van der Waals surface area contributed by atoms with Gasteiger partial charge in [-0.3, -0.25) is 4.79 Å². The average Bonchev–Trinajstić information content (AvgIpc) is 2.68. The van der Waals surface area contributed by atoms with Crippen LogP contribution in [0.2, 0.25) is 0 Å². The first-order valence-corrected chi connectivity index (χ1v) is 9.43. The summed E-state index contributed by atoms with van der Waals surface area (Å²) >= 11 is 3.43. The van der Waals surface area contributed by atoms with Crippen LogP contribution in [0.3, 0.4) is 0 Å². The monoisotopic (exact) mass is 444 g/mol. The Kier molecular flexibility index (Phi) is 4.72. The Bertz CT molecular complexity index is 1130. The van der Waals surface area contributed by atoms with Gasteiger partial charge in [-0.2, -0.15) is 4.98 Å². The lowest BCUT2D eigenvalue weighted by atomic mass is 10.0. The number of fused-ring (bicyclic) bond motifs is 2. The van der Waals surface area contributed by atoms with Crippen molar-refractivity contribution in [3.8, 4) is 40.3 Å². The van der Waals surface area contributed by atoms with Crippen molar-refractivity contribution < 1.29 is 19.3 Å². The number of aromatic nitrogens is 2. The van der Waals surface area contributed by atoms with Gasteiger partial charge in [-0.25, -0.2) is 0 Å². The Morgan fingerprint density at radius 1 is 1.32 bits per heavy atom. The molecule has 0 bridgehead atoms. The van der Waals surface area contributed by atoms with E-state index in [-0.39, 0.29) is 23.0 Å². The predicted molar refractivity (Wildman–Crippen MR) is 107 cm³/mol. The molecule has 2 heterocycles. The number of H-pyrrole nitrogens is 1. The average molecular weight is 445 g/mol. The minimum absolute atomic E-state index is 0.0924. The fourth-order valence-corrected chi connectivity index (χ4v) is 3.62. The summed E-state index contributed by atoms with van der Waals surface area (Å²) in [4.78, 5) is 19.9. The van der Waals surface area contributed by atoms with E-state index >= 15 is 0 Å². The molecule has 2 N–H and O–H groups in total. The summed E-state index contributed by atoms with van der Waals surface area (Å²) in [6.07, 6.45) is 0.355. The highest BCUT2D eigenvalue weighted by molar-refractivity contribution is 9.10. The summed E-state index contributed by atoms with van der Waals surface area (Å²) in [6.45, 7) is 2.22. The molecular formula is C20H17BrN2O5. The van der Waals surface area contributed by atoms with Crippen LogP contribution >= 0.6 is 15.9 Å². The number of halogens is 1. The Labute approximate surface area is 169 Å². The van der Waals surface area contributed by atoms with E-state index in [0.29, 0.717) is 41.4 Å². The molecule has 0 aliphatic carbocycles. The fourth-order valence-electron chi connectivity index (χ4n) is 3.14. The van der Waals surface area contributed by atoms with Crippen molar-refractivity contribution in [2.75, 3.05) is 13.7 Å². The molecule has 2 aromatic carbocycles. The van der Waals surface area contributed by atoms with E-state index in [0.717, 1.165) is 10.0 Å². The molecule has 4 rings (SSSR count). The normalized spacial score (nSPS) is 12.0. The third-order valence-corrected chi connectivity index (χ3v) is 4.87. The van der Waals surface area contributed by atoms with E-state index in [1.807, 2.05) is 13.0 Å². The number of ether oxygens (including phenoxy) is 3. The smallest absolute Gasteiger partial charge is 0.258 e. The highest BCUT2D eigenvalue weighted by Gasteiger charge is 2.26. The molecule has 0 saturated carbocycles. The number of aromatic hydroxyl groups is 1. The highest BCUT2D eigenvalue weighted by atomic mass is 79.9. The van der Waals surface area contributed by atoms with Gasteiger partial charge in [0.1, 0.15) is 5.82 Å². The van der Waals surface area contributed by atoms with Crippen LogP contribution in [0, 0.1) is 0 Å². The summed E-state index contributed by atoms with van der Waals surface area (Å²) in [5.41, 5.74) is 1.26. The van der Waals surface area contributed by atoms with Gasteiger partial charge in [0, 0.05) is 16.5 Å². The number of para-hydroxylation sites is 1. The first-order valence-electron chi connectivity index (χ1n) is 8.64. The van der Waals surface area contributed by atoms with Crippen LogP contribution in [-0.2, 0) is 6.42 Å². The molecule has 3 aromatic rings. The molecule has 0 spiro atoms. The molecule has 8 heteroatoms. The van der Waals surface area contributed by atoms with Crippen LogP contribution in [0.4, 0.5) is 0 Å². The van der Waals surface area contributed by atoms with Gasteiger partial charge in [-0.15, -0.1) is 0 Å². The van der Waals surface area contributed by atoms with Gasteiger partial charge in [-0.1, -0.05) is 22.0 Å². The van der Waals surface area contributed by atoms with Crippen molar-refractivity contribution in [3.05, 3.63) is 56.3 Å². The minimum atomic E-state index is -0.328. The van der Waals surface area contributed by atoms with E-state index in [1.54, 1.807) is 31.4 Å². The summed E-state index contributed by atoms with van der Waals surface area (Å²) in [5.74, 6) is 1.67. The summed E-state index contributed by atoms with van der Waals surface area (Å²) in [5, 5.41) is 10.5. The number of aromatic amines is 1. The van der Waals surface area contributed by atoms with Gasteiger partial charge in [0.25, 0.3) is 5.56 Å². The molecule has 7 nitrogen and oxygen atoms in total. The van der Waals surface area contributed by atoms with Crippen molar-refractivity contribution in [2.24, 2.45) is 0 Å². The number of hydrogen-bond acceptors (Lipinski definition) is 6. The molecular weight excluding hydrogens is 428 g/mol.